The molecule has 0 atom stereocenters. The van der Waals surface area contributed by atoms with Crippen molar-refractivity contribution < 1.29 is 4.74 Å². The zero-order valence-corrected chi connectivity index (χ0v) is 23.8. The highest BCUT2D eigenvalue weighted by Gasteiger charge is 2.41. The van der Waals surface area contributed by atoms with Crippen LogP contribution >= 0.6 is 0 Å². The average Bonchev–Trinajstić information content (AvgIpc) is 3.05. The van der Waals surface area contributed by atoms with E-state index in [4.69, 9.17) is 4.74 Å². The van der Waals surface area contributed by atoms with Crippen LogP contribution in [0.4, 0.5) is 0 Å². The Morgan fingerprint density at radius 2 is 1.61 bits per heavy atom. The number of rotatable bonds is 8. The molecule has 0 bridgehead atoms. The van der Waals surface area contributed by atoms with Crippen molar-refractivity contribution in [2.24, 2.45) is 0 Å². The van der Waals surface area contributed by atoms with Crippen molar-refractivity contribution in [2.75, 3.05) is 6.61 Å². The summed E-state index contributed by atoms with van der Waals surface area (Å²) in [5, 5.41) is 8.88. The third kappa shape index (κ3) is 6.58. The number of benzene rings is 1. The Morgan fingerprint density at radius 3 is 2.12 bits per heavy atom. The van der Waals surface area contributed by atoms with E-state index in [1.165, 1.54) is 5.56 Å². The molecule has 0 aliphatic heterocycles. The number of aryl methyl sites for hydroxylation is 2. The minimum Gasteiger partial charge on any atom is -0.376 e. The Bertz CT molecular complexity index is 965. The Morgan fingerprint density at radius 1 is 1.00 bits per heavy atom. The van der Waals surface area contributed by atoms with E-state index < -0.39 is 8.07 Å². The van der Waals surface area contributed by atoms with Gasteiger partial charge in [-0.25, -0.2) is 4.68 Å². The second kappa shape index (κ2) is 11.0. The molecule has 1 heterocycles. The molecule has 0 spiro atoms. The van der Waals surface area contributed by atoms with Gasteiger partial charge in [0.05, 0.1) is 11.3 Å². The molecule has 0 saturated heterocycles. The minimum absolute atomic E-state index is 0.105. The fourth-order valence-electron chi connectivity index (χ4n) is 4.99. The van der Waals surface area contributed by atoms with Crippen LogP contribution in [0.5, 0.6) is 0 Å². The standard InChI is InChI=1S/C28H45N3OSi/c1-20(2)33(21(3)4,22(5)6)18-15-25-13-14-26(19-23(25)7)27-24(8)31(30-29-27)16-12-17-32-28(9,10)11/h13-14,19-22H,12,16-17H2,1-11H3. The summed E-state index contributed by atoms with van der Waals surface area (Å²) < 4.78 is 7.81. The van der Waals surface area contributed by atoms with Gasteiger partial charge in [0.1, 0.15) is 13.8 Å². The van der Waals surface area contributed by atoms with E-state index in [0.29, 0.717) is 16.6 Å². The molecule has 2 rings (SSSR count). The lowest BCUT2D eigenvalue weighted by atomic mass is 10.0. The summed E-state index contributed by atoms with van der Waals surface area (Å²) in [4.78, 5) is 0. The predicted octanol–water partition coefficient (Wildman–Crippen LogP) is 7.34. The molecule has 1 aromatic carbocycles. The highest BCUT2D eigenvalue weighted by atomic mass is 28.3. The molecule has 0 N–H and O–H groups in total. The molecule has 0 aliphatic rings. The van der Waals surface area contributed by atoms with Gasteiger partial charge in [-0.15, -0.1) is 10.6 Å². The Balaban J connectivity index is 2.24. The third-order valence-corrected chi connectivity index (χ3v) is 13.1. The van der Waals surface area contributed by atoms with E-state index >= 15 is 0 Å². The summed E-state index contributed by atoms with van der Waals surface area (Å²) in [5.41, 5.74) is 11.1. The van der Waals surface area contributed by atoms with Crippen molar-refractivity contribution in [1.29, 1.82) is 0 Å². The van der Waals surface area contributed by atoms with Gasteiger partial charge in [-0.2, -0.15) is 0 Å². The summed E-state index contributed by atoms with van der Waals surface area (Å²) in [6.07, 6.45) is 0.918. The summed E-state index contributed by atoms with van der Waals surface area (Å²) in [6.45, 7) is 26.2. The fourth-order valence-corrected chi connectivity index (χ4v) is 10.2. The normalized spacial score (nSPS) is 12.5. The quantitative estimate of drug-likeness (QED) is 0.232. The Hall–Kier alpha value is -1.90. The van der Waals surface area contributed by atoms with Crippen molar-refractivity contribution in [3.8, 4) is 22.7 Å². The molecule has 2 aromatic rings. The van der Waals surface area contributed by atoms with E-state index in [2.05, 4.69) is 116 Å². The minimum atomic E-state index is -1.74. The Kier molecular flexibility index (Phi) is 9.13. The van der Waals surface area contributed by atoms with Crippen LogP contribution in [-0.4, -0.2) is 35.3 Å². The van der Waals surface area contributed by atoms with Gasteiger partial charge in [0.25, 0.3) is 0 Å². The first-order chi connectivity index (χ1) is 15.3. The van der Waals surface area contributed by atoms with Gasteiger partial charge >= 0.3 is 0 Å². The maximum atomic E-state index is 5.83. The summed E-state index contributed by atoms with van der Waals surface area (Å²) in [5.74, 6) is 3.60. The van der Waals surface area contributed by atoms with Crippen LogP contribution in [0.25, 0.3) is 11.3 Å². The van der Waals surface area contributed by atoms with Crippen molar-refractivity contribution in [3.63, 3.8) is 0 Å². The van der Waals surface area contributed by atoms with E-state index in [-0.39, 0.29) is 5.60 Å². The largest absolute Gasteiger partial charge is 0.376 e. The predicted molar refractivity (Wildman–Crippen MR) is 143 cm³/mol. The van der Waals surface area contributed by atoms with E-state index in [1.807, 2.05) is 4.68 Å². The second-order valence-electron chi connectivity index (χ2n) is 11.2. The van der Waals surface area contributed by atoms with Crippen LogP contribution in [0.3, 0.4) is 0 Å². The summed E-state index contributed by atoms with van der Waals surface area (Å²) >= 11 is 0. The molecule has 0 amide bonds. The van der Waals surface area contributed by atoms with Gasteiger partial charge < -0.3 is 4.74 Å². The van der Waals surface area contributed by atoms with E-state index in [1.54, 1.807) is 0 Å². The highest BCUT2D eigenvalue weighted by Crippen LogP contribution is 2.40. The van der Waals surface area contributed by atoms with Crippen molar-refractivity contribution in [2.45, 2.75) is 111 Å². The van der Waals surface area contributed by atoms with E-state index in [0.717, 1.165) is 42.1 Å². The first kappa shape index (κ1) is 27.3. The van der Waals surface area contributed by atoms with Gasteiger partial charge in [-0.1, -0.05) is 58.7 Å². The first-order valence-electron chi connectivity index (χ1n) is 12.5. The molecular formula is C28H45N3OSi. The molecule has 4 nitrogen and oxygen atoms in total. The van der Waals surface area contributed by atoms with Crippen molar-refractivity contribution in [1.82, 2.24) is 15.0 Å². The topological polar surface area (TPSA) is 39.9 Å². The number of ether oxygens (including phenoxy) is 1. The Labute approximate surface area is 203 Å². The fraction of sp³-hybridized carbons (Fsp3) is 0.643. The maximum absolute atomic E-state index is 5.83. The number of nitrogens with zero attached hydrogens (tertiary/aromatic N) is 3. The molecule has 5 heteroatoms. The van der Waals surface area contributed by atoms with Crippen LogP contribution in [-0.2, 0) is 11.3 Å². The van der Waals surface area contributed by atoms with Crippen LogP contribution in [0.2, 0.25) is 16.6 Å². The van der Waals surface area contributed by atoms with Crippen LogP contribution in [0.15, 0.2) is 18.2 Å². The maximum Gasteiger partial charge on any atom is 0.146 e. The number of hydrogen-bond donors (Lipinski definition) is 0. The molecule has 0 aliphatic carbocycles. The second-order valence-corrected chi connectivity index (χ2v) is 16.8. The van der Waals surface area contributed by atoms with Gasteiger partial charge in [0, 0.05) is 24.3 Å². The molecule has 0 saturated carbocycles. The van der Waals surface area contributed by atoms with Gasteiger partial charge in [0.15, 0.2) is 0 Å². The number of hydrogen-bond acceptors (Lipinski definition) is 3. The van der Waals surface area contributed by atoms with Crippen molar-refractivity contribution in [3.05, 3.63) is 35.0 Å². The monoisotopic (exact) mass is 467 g/mol. The SMILES string of the molecule is Cc1cc(-c2nnn(CCCOC(C)(C)C)c2C)ccc1C#C[Si](C(C)C)(C(C)C)C(C)C. The lowest BCUT2D eigenvalue weighted by Crippen LogP contribution is -2.43. The summed E-state index contributed by atoms with van der Waals surface area (Å²) in [6, 6.07) is 6.51. The molecule has 33 heavy (non-hydrogen) atoms. The molecule has 0 fully saturated rings. The first-order valence-corrected chi connectivity index (χ1v) is 14.7. The smallest absolute Gasteiger partial charge is 0.146 e. The molecular weight excluding hydrogens is 422 g/mol. The van der Waals surface area contributed by atoms with Crippen LogP contribution in [0, 0.1) is 25.3 Å². The summed E-state index contributed by atoms with van der Waals surface area (Å²) in [7, 11) is -1.74. The zero-order valence-electron chi connectivity index (χ0n) is 22.8. The molecule has 182 valence electrons. The van der Waals surface area contributed by atoms with Gasteiger partial charge in [-0.05, 0) is 75.4 Å². The molecule has 0 unspecified atom stereocenters. The molecule has 0 radical (unpaired) electrons. The zero-order chi connectivity index (χ0) is 25.0. The lowest BCUT2D eigenvalue weighted by molar-refractivity contribution is -0.00562. The third-order valence-electron chi connectivity index (χ3n) is 6.81. The van der Waals surface area contributed by atoms with Crippen LogP contribution < -0.4 is 0 Å². The average molecular weight is 468 g/mol. The number of aromatic nitrogens is 3. The molecule has 1 aromatic heterocycles. The van der Waals surface area contributed by atoms with E-state index in [9.17, 15) is 0 Å². The van der Waals surface area contributed by atoms with Gasteiger partial charge in [0.2, 0.25) is 0 Å². The van der Waals surface area contributed by atoms with Crippen LogP contribution in [0.1, 0.15) is 85.6 Å². The highest BCUT2D eigenvalue weighted by molar-refractivity contribution is 6.90. The van der Waals surface area contributed by atoms with Gasteiger partial charge in [-0.3, -0.25) is 0 Å². The van der Waals surface area contributed by atoms with Crippen molar-refractivity contribution >= 4 is 8.07 Å². The lowest BCUT2D eigenvalue weighted by Gasteiger charge is -2.38.